The van der Waals surface area contributed by atoms with Crippen LogP contribution in [-0.4, -0.2) is 35.1 Å². The molecule has 0 radical (unpaired) electrons. The van der Waals surface area contributed by atoms with Gasteiger partial charge in [-0.15, -0.1) is 4.98 Å². The van der Waals surface area contributed by atoms with E-state index in [9.17, 15) is 4.79 Å². The number of fused-ring (bicyclic) bond motifs is 1. The van der Waals surface area contributed by atoms with E-state index in [2.05, 4.69) is 20.3 Å². The molecule has 3 aromatic rings. The molecule has 8 heteroatoms. The Balaban J connectivity index is 1.73. The topological polar surface area (TPSA) is 99.4 Å². The third kappa shape index (κ3) is 3.20. The van der Waals surface area contributed by atoms with Crippen molar-refractivity contribution in [3.63, 3.8) is 0 Å². The lowest BCUT2D eigenvalue weighted by molar-refractivity contribution is 0.0924. The van der Waals surface area contributed by atoms with Gasteiger partial charge in [0.25, 0.3) is 5.91 Å². The van der Waals surface area contributed by atoms with Crippen LogP contribution in [0.2, 0.25) is 0 Å². The lowest BCUT2D eigenvalue weighted by Crippen LogP contribution is -2.23. The minimum Gasteiger partial charge on any atom is -0.467 e. The Morgan fingerprint density at radius 3 is 2.48 bits per heavy atom. The van der Waals surface area contributed by atoms with Crippen molar-refractivity contribution in [2.45, 2.75) is 6.54 Å². The number of hydrogen-bond acceptors (Lipinski definition) is 7. The van der Waals surface area contributed by atoms with E-state index in [0.717, 1.165) is 5.39 Å². The molecule has 3 rings (SSSR count). The number of aromatic nitrogens is 3. The standard InChI is InChI=1S/C15H14N4O4/c1-21-14-17-12(18-15(19-14)22-2)8-16-13(20)11-7-9-5-3-4-6-10(9)23-11/h3-7H,8H2,1-2H3,(H,16,20). The molecule has 2 aromatic heterocycles. The number of para-hydroxylation sites is 1. The van der Waals surface area contributed by atoms with Crippen LogP contribution in [0.5, 0.6) is 12.0 Å². The van der Waals surface area contributed by atoms with Crippen molar-refractivity contribution in [1.82, 2.24) is 20.3 Å². The predicted molar refractivity (Wildman–Crippen MR) is 80.3 cm³/mol. The second-order valence-electron chi connectivity index (χ2n) is 4.56. The van der Waals surface area contributed by atoms with Crippen molar-refractivity contribution in [3.05, 3.63) is 41.9 Å². The molecule has 1 N–H and O–H groups in total. The van der Waals surface area contributed by atoms with Gasteiger partial charge in [-0.3, -0.25) is 4.79 Å². The number of benzene rings is 1. The van der Waals surface area contributed by atoms with Crippen molar-refractivity contribution < 1.29 is 18.7 Å². The Morgan fingerprint density at radius 1 is 1.13 bits per heavy atom. The summed E-state index contributed by atoms with van der Waals surface area (Å²) in [6, 6.07) is 9.30. The fraction of sp³-hybridized carbons (Fsp3) is 0.200. The summed E-state index contributed by atoms with van der Waals surface area (Å²) in [4.78, 5) is 24.1. The average Bonchev–Trinajstić information content (AvgIpc) is 3.03. The van der Waals surface area contributed by atoms with E-state index >= 15 is 0 Å². The fourth-order valence-electron chi connectivity index (χ4n) is 1.98. The fourth-order valence-corrected chi connectivity index (χ4v) is 1.98. The van der Waals surface area contributed by atoms with E-state index < -0.39 is 0 Å². The van der Waals surface area contributed by atoms with Gasteiger partial charge in [-0.1, -0.05) is 18.2 Å². The monoisotopic (exact) mass is 314 g/mol. The molecule has 1 amide bonds. The Bertz CT molecular complexity index is 791. The predicted octanol–water partition coefficient (Wildman–Crippen LogP) is 1.57. The lowest BCUT2D eigenvalue weighted by atomic mass is 10.2. The number of carbonyl (C=O) groups is 1. The molecule has 0 fully saturated rings. The van der Waals surface area contributed by atoms with Crippen LogP contribution in [0.15, 0.2) is 34.7 Å². The summed E-state index contributed by atoms with van der Waals surface area (Å²) in [6.45, 7) is 0.0884. The molecule has 0 aliphatic carbocycles. The van der Waals surface area contributed by atoms with Crippen molar-refractivity contribution in [2.75, 3.05) is 14.2 Å². The minimum atomic E-state index is -0.362. The Labute approximate surface area is 131 Å². The number of rotatable bonds is 5. The number of carbonyl (C=O) groups excluding carboxylic acids is 1. The van der Waals surface area contributed by atoms with Crippen LogP contribution in [0.4, 0.5) is 0 Å². The van der Waals surface area contributed by atoms with Crippen molar-refractivity contribution >= 4 is 16.9 Å². The molecule has 0 bridgehead atoms. The average molecular weight is 314 g/mol. The maximum Gasteiger partial charge on any atom is 0.322 e. The SMILES string of the molecule is COc1nc(CNC(=O)c2cc3ccccc3o2)nc(OC)n1. The summed E-state index contributed by atoms with van der Waals surface area (Å²) in [5.41, 5.74) is 0.654. The van der Waals surface area contributed by atoms with E-state index in [-0.39, 0.29) is 30.2 Å². The van der Waals surface area contributed by atoms with Gasteiger partial charge in [0, 0.05) is 5.39 Å². The number of hydrogen-bond donors (Lipinski definition) is 1. The van der Waals surface area contributed by atoms with Crippen molar-refractivity contribution in [3.8, 4) is 12.0 Å². The van der Waals surface area contributed by atoms with E-state index in [1.807, 2.05) is 18.2 Å². The summed E-state index contributed by atoms with van der Waals surface area (Å²) in [6.07, 6.45) is 0. The summed E-state index contributed by atoms with van der Waals surface area (Å²) < 4.78 is 15.4. The Morgan fingerprint density at radius 2 is 1.83 bits per heavy atom. The molecule has 0 saturated heterocycles. The molecule has 0 aliphatic rings. The zero-order valence-corrected chi connectivity index (χ0v) is 12.6. The molecule has 0 aliphatic heterocycles. The number of nitrogens with one attached hydrogen (secondary N) is 1. The summed E-state index contributed by atoms with van der Waals surface area (Å²) >= 11 is 0. The molecule has 8 nitrogen and oxygen atoms in total. The first-order valence-electron chi connectivity index (χ1n) is 6.79. The summed E-state index contributed by atoms with van der Waals surface area (Å²) in [5, 5.41) is 3.54. The Hall–Kier alpha value is -3.16. The molecule has 2 heterocycles. The van der Waals surface area contributed by atoms with Crippen LogP contribution in [0.25, 0.3) is 11.0 Å². The van der Waals surface area contributed by atoms with Crippen LogP contribution >= 0.6 is 0 Å². The van der Waals surface area contributed by atoms with Crippen LogP contribution in [0.1, 0.15) is 16.4 Å². The molecule has 0 atom stereocenters. The second-order valence-corrected chi connectivity index (χ2v) is 4.56. The van der Waals surface area contributed by atoms with Crippen LogP contribution < -0.4 is 14.8 Å². The van der Waals surface area contributed by atoms with Gasteiger partial charge in [0.05, 0.1) is 20.8 Å². The number of nitrogens with zero attached hydrogens (tertiary/aromatic N) is 3. The number of ether oxygens (including phenoxy) is 2. The zero-order valence-electron chi connectivity index (χ0n) is 12.6. The van der Waals surface area contributed by atoms with Gasteiger partial charge in [0.2, 0.25) is 0 Å². The van der Waals surface area contributed by atoms with Gasteiger partial charge >= 0.3 is 12.0 Å². The van der Waals surface area contributed by atoms with Gasteiger partial charge in [0.1, 0.15) is 5.58 Å². The summed E-state index contributed by atoms with van der Waals surface area (Å²) in [5.74, 6) is 0.178. The van der Waals surface area contributed by atoms with Gasteiger partial charge in [-0.2, -0.15) is 9.97 Å². The van der Waals surface area contributed by atoms with Gasteiger partial charge < -0.3 is 19.2 Å². The summed E-state index contributed by atoms with van der Waals surface area (Å²) in [7, 11) is 2.87. The van der Waals surface area contributed by atoms with E-state index in [1.54, 1.807) is 12.1 Å². The maximum absolute atomic E-state index is 12.2. The molecule has 118 valence electrons. The highest BCUT2D eigenvalue weighted by molar-refractivity contribution is 5.95. The first-order valence-corrected chi connectivity index (χ1v) is 6.79. The molecule has 0 saturated carbocycles. The molecule has 23 heavy (non-hydrogen) atoms. The van der Waals surface area contributed by atoms with Crippen LogP contribution in [-0.2, 0) is 6.54 Å². The van der Waals surface area contributed by atoms with E-state index in [4.69, 9.17) is 13.9 Å². The normalized spacial score (nSPS) is 10.5. The van der Waals surface area contributed by atoms with Crippen molar-refractivity contribution in [1.29, 1.82) is 0 Å². The molecular formula is C15H14N4O4. The molecule has 1 aromatic carbocycles. The second kappa shape index (κ2) is 6.30. The molecular weight excluding hydrogens is 300 g/mol. The van der Waals surface area contributed by atoms with E-state index in [0.29, 0.717) is 11.4 Å². The highest BCUT2D eigenvalue weighted by Crippen LogP contribution is 2.18. The van der Waals surface area contributed by atoms with Crippen molar-refractivity contribution in [2.24, 2.45) is 0 Å². The van der Waals surface area contributed by atoms with Crippen LogP contribution in [0, 0.1) is 0 Å². The zero-order chi connectivity index (χ0) is 16.2. The number of furan rings is 1. The highest BCUT2D eigenvalue weighted by atomic mass is 16.5. The highest BCUT2D eigenvalue weighted by Gasteiger charge is 2.13. The lowest BCUT2D eigenvalue weighted by Gasteiger charge is -2.05. The third-order valence-electron chi connectivity index (χ3n) is 3.06. The molecule has 0 spiro atoms. The first kappa shape index (κ1) is 14.8. The maximum atomic E-state index is 12.2. The third-order valence-corrected chi connectivity index (χ3v) is 3.06. The number of amides is 1. The van der Waals surface area contributed by atoms with E-state index in [1.165, 1.54) is 14.2 Å². The van der Waals surface area contributed by atoms with Crippen LogP contribution in [0.3, 0.4) is 0 Å². The largest absolute Gasteiger partial charge is 0.467 e. The minimum absolute atomic E-state index is 0.0884. The smallest absolute Gasteiger partial charge is 0.322 e. The van der Waals surface area contributed by atoms with Gasteiger partial charge in [-0.25, -0.2) is 0 Å². The van der Waals surface area contributed by atoms with Gasteiger partial charge in [0.15, 0.2) is 11.6 Å². The van der Waals surface area contributed by atoms with Gasteiger partial charge in [-0.05, 0) is 12.1 Å². The number of methoxy groups -OCH3 is 2. The quantitative estimate of drug-likeness (QED) is 0.763. The molecule has 0 unspecified atom stereocenters. The Kier molecular flexibility index (Phi) is 4.05. The first-order chi connectivity index (χ1) is 11.2.